The monoisotopic (exact) mass is 331 g/mol. The van der Waals surface area contributed by atoms with E-state index in [1.807, 2.05) is 13.8 Å². The highest BCUT2D eigenvalue weighted by molar-refractivity contribution is 5.82. The topological polar surface area (TPSA) is 96.7 Å². The number of H-pyrrole nitrogens is 1. The number of rotatable bonds is 6. The highest BCUT2D eigenvalue weighted by Crippen LogP contribution is 2.18. The number of benzene rings is 1. The number of aromatic hydroxyl groups is 1. The third-order valence-electron chi connectivity index (χ3n) is 3.79. The molecule has 0 spiro atoms. The molecule has 0 amide bonds. The first-order valence-electron chi connectivity index (χ1n) is 7.70. The summed E-state index contributed by atoms with van der Waals surface area (Å²) in [5.74, 6) is 0.544. The van der Waals surface area contributed by atoms with Crippen LogP contribution in [0.2, 0.25) is 0 Å². The summed E-state index contributed by atoms with van der Waals surface area (Å²) in [7, 11) is 1.53. The summed E-state index contributed by atoms with van der Waals surface area (Å²) in [6.45, 7) is 4.63. The van der Waals surface area contributed by atoms with Gasteiger partial charge in [0.1, 0.15) is 11.3 Å². The van der Waals surface area contributed by atoms with Crippen molar-refractivity contribution in [3.05, 3.63) is 50.7 Å². The van der Waals surface area contributed by atoms with Gasteiger partial charge in [-0.3, -0.25) is 14.8 Å². The van der Waals surface area contributed by atoms with Crippen LogP contribution in [0.4, 0.5) is 0 Å². The average molecular weight is 331 g/mol. The molecule has 0 aliphatic carbocycles. The minimum atomic E-state index is -0.721. The summed E-state index contributed by atoms with van der Waals surface area (Å²) in [6, 6.07) is 6.53. The lowest BCUT2D eigenvalue weighted by atomic mass is 10.1. The molecule has 1 heterocycles. The first-order valence-corrected chi connectivity index (χ1v) is 7.70. The molecule has 1 unspecified atom stereocenters. The Balaban J connectivity index is 2.47. The van der Waals surface area contributed by atoms with E-state index in [1.54, 1.807) is 24.3 Å². The van der Waals surface area contributed by atoms with Gasteiger partial charge >= 0.3 is 5.69 Å². The molecule has 7 heteroatoms. The molecule has 0 fully saturated rings. The van der Waals surface area contributed by atoms with Gasteiger partial charge in [-0.15, -0.1) is 0 Å². The second-order valence-corrected chi connectivity index (χ2v) is 5.54. The Morgan fingerprint density at radius 1 is 1.33 bits per heavy atom. The van der Waals surface area contributed by atoms with E-state index < -0.39 is 17.1 Å². The number of nitrogens with zero attached hydrogens (tertiary/aromatic N) is 2. The second kappa shape index (κ2) is 7.63. The minimum Gasteiger partial charge on any atom is -0.497 e. The molecule has 0 radical (unpaired) electrons. The zero-order valence-corrected chi connectivity index (χ0v) is 13.9. The van der Waals surface area contributed by atoms with Crippen LogP contribution in [0, 0.1) is 5.92 Å². The van der Waals surface area contributed by atoms with Crippen molar-refractivity contribution in [3.63, 3.8) is 0 Å². The summed E-state index contributed by atoms with van der Waals surface area (Å²) in [5.41, 5.74) is -1.03. The molecule has 0 saturated carbocycles. The van der Waals surface area contributed by atoms with E-state index in [1.165, 1.54) is 13.3 Å². The Morgan fingerprint density at radius 2 is 2.00 bits per heavy atom. The van der Waals surface area contributed by atoms with Gasteiger partial charge in [0.05, 0.1) is 12.8 Å². The van der Waals surface area contributed by atoms with Gasteiger partial charge in [0.15, 0.2) is 0 Å². The van der Waals surface area contributed by atoms with Crippen molar-refractivity contribution in [1.29, 1.82) is 0 Å². The highest BCUT2D eigenvalue weighted by atomic mass is 16.5. The van der Waals surface area contributed by atoms with E-state index in [2.05, 4.69) is 9.98 Å². The predicted octanol–water partition coefficient (Wildman–Crippen LogP) is 1.70. The van der Waals surface area contributed by atoms with Crippen molar-refractivity contribution >= 4 is 6.21 Å². The van der Waals surface area contributed by atoms with Gasteiger partial charge in [-0.25, -0.2) is 9.36 Å². The summed E-state index contributed by atoms with van der Waals surface area (Å²) >= 11 is 0. The number of hydrogen-bond acceptors (Lipinski definition) is 5. The molecule has 2 N–H and O–H groups in total. The molecule has 0 aliphatic rings. The normalized spacial score (nSPS) is 12.5. The molecule has 24 heavy (non-hydrogen) atoms. The first kappa shape index (κ1) is 17.5. The van der Waals surface area contributed by atoms with Gasteiger partial charge < -0.3 is 9.84 Å². The van der Waals surface area contributed by atoms with Crippen LogP contribution in [0.5, 0.6) is 11.6 Å². The maximum Gasteiger partial charge on any atom is 0.335 e. The molecule has 2 aromatic rings. The summed E-state index contributed by atoms with van der Waals surface area (Å²) in [4.78, 5) is 30.4. The number of methoxy groups -OCH3 is 1. The lowest BCUT2D eigenvalue weighted by Crippen LogP contribution is -2.31. The van der Waals surface area contributed by atoms with Gasteiger partial charge in [0.2, 0.25) is 5.88 Å². The largest absolute Gasteiger partial charge is 0.497 e. The zero-order valence-electron chi connectivity index (χ0n) is 13.9. The molecule has 7 nitrogen and oxygen atoms in total. The molecular weight excluding hydrogens is 310 g/mol. The molecule has 128 valence electrons. The molecule has 0 aliphatic heterocycles. The number of aromatic nitrogens is 2. The Bertz CT molecular complexity index is 834. The van der Waals surface area contributed by atoms with Crippen molar-refractivity contribution in [2.24, 2.45) is 10.9 Å². The Labute approximate surface area is 139 Å². The fraction of sp³-hybridized carbons (Fsp3) is 0.353. The number of aromatic amines is 1. The van der Waals surface area contributed by atoms with E-state index in [4.69, 9.17) is 4.74 Å². The highest BCUT2D eigenvalue weighted by Gasteiger charge is 2.14. The lowest BCUT2D eigenvalue weighted by Gasteiger charge is -2.10. The van der Waals surface area contributed by atoms with Crippen molar-refractivity contribution in [2.75, 3.05) is 13.7 Å². The fourth-order valence-corrected chi connectivity index (χ4v) is 2.08. The van der Waals surface area contributed by atoms with Gasteiger partial charge in [0.25, 0.3) is 5.56 Å². The number of nitrogens with one attached hydrogen (secondary N) is 1. The zero-order chi connectivity index (χ0) is 17.7. The number of aliphatic imine (C=N–C) groups is 1. The van der Waals surface area contributed by atoms with Gasteiger partial charge in [-0.2, -0.15) is 0 Å². The van der Waals surface area contributed by atoms with Gasteiger partial charge in [-0.05, 0) is 30.2 Å². The van der Waals surface area contributed by atoms with Crippen molar-refractivity contribution in [3.8, 4) is 17.3 Å². The van der Waals surface area contributed by atoms with Gasteiger partial charge in [0, 0.05) is 12.8 Å². The third kappa shape index (κ3) is 3.73. The number of ether oxygens (including phenoxy) is 1. The van der Waals surface area contributed by atoms with Crippen LogP contribution in [0.3, 0.4) is 0 Å². The van der Waals surface area contributed by atoms with Crippen LogP contribution < -0.4 is 16.0 Å². The molecule has 0 saturated heterocycles. The Hall–Kier alpha value is -2.83. The van der Waals surface area contributed by atoms with Crippen molar-refractivity contribution < 1.29 is 9.84 Å². The Kier molecular flexibility index (Phi) is 5.57. The maximum atomic E-state index is 12.1. The molecule has 2 rings (SSSR count). The quantitative estimate of drug-likeness (QED) is 0.787. The van der Waals surface area contributed by atoms with E-state index in [-0.39, 0.29) is 5.56 Å². The molecule has 0 bridgehead atoms. The van der Waals surface area contributed by atoms with Crippen LogP contribution in [0.1, 0.15) is 25.8 Å². The van der Waals surface area contributed by atoms with Crippen LogP contribution >= 0.6 is 0 Å². The van der Waals surface area contributed by atoms with Crippen LogP contribution in [0.25, 0.3) is 5.69 Å². The fourth-order valence-electron chi connectivity index (χ4n) is 2.08. The van der Waals surface area contributed by atoms with E-state index >= 15 is 0 Å². The standard InChI is InChI=1S/C17H21N3O4/c1-4-11(2)9-18-10-14-15(21)19-17(23)20(16(14)22)12-5-7-13(24-3)8-6-12/h5-8,10-11,22H,4,9H2,1-3H3,(H,19,21,23). The van der Waals surface area contributed by atoms with Crippen LogP contribution in [-0.4, -0.2) is 34.5 Å². The number of hydrogen-bond donors (Lipinski definition) is 2. The SMILES string of the molecule is CCC(C)CN=Cc1c(O)n(-c2ccc(OC)cc2)c(=O)[nH]c1=O. The summed E-state index contributed by atoms with van der Waals surface area (Å²) in [5, 5.41) is 10.4. The van der Waals surface area contributed by atoms with E-state index in [0.29, 0.717) is 23.9 Å². The summed E-state index contributed by atoms with van der Waals surface area (Å²) in [6.07, 6.45) is 2.27. The van der Waals surface area contributed by atoms with E-state index in [9.17, 15) is 14.7 Å². The smallest absolute Gasteiger partial charge is 0.335 e. The van der Waals surface area contributed by atoms with Crippen LogP contribution in [0.15, 0.2) is 38.8 Å². The molecule has 1 atom stereocenters. The maximum absolute atomic E-state index is 12.1. The minimum absolute atomic E-state index is 0.0475. The summed E-state index contributed by atoms with van der Waals surface area (Å²) < 4.78 is 6.08. The Morgan fingerprint density at radius 3 is 2.58 bits per heavy atom. The predicted molar refractivity (Wildman–Crippen MR) is 92.8 cm³/mol. The van der Waals surface area contributed by atoms with Crippen molar-refractivity contribution in [2.45, 2.75) is 20.3 Å². The molecule has 1 aromatic carbocycles. The van der Waals surface area contributed by atoms with E-state index in [0.717, 1.165) is 11.0 Å². The van der Waals surface area contributed by atoms with Crippen molar-refractivity contribution in [1.82, 2.24) is 9.55 Å². The molecule has 1 aromatic heterocycles. The molecular formula is C17H21N3O4. The third-order valence-corrected chi connectivity index (χ3v) is 3.79. The van der Waals surface area contributed by atoms with Gasteiger partial charge in [-0.1, -0.05) is 20.3 Å². The lowest BCUT2D eigenvalue weighted by molar-refractivity contribution is 0.414. The second-order valence-electron chi connectivity index (χ2n) is 5.54. The van der Waals surface area contributed by atoms with Crippen LogP contribution in [-0.2, 0) is 0 Å². The first-order chi connectivity index (χ1) is 11.5. The average Bonchev–Trinajstić information content (AvgIpc) is 2.57.